The van der Waals surface area contributed by atoms with E-state index >= 15 is 0 Å². The van der Waals surface area contributed by atoms with Crippen LogP contribution >= 0.6 is 0 Å². The summed E-state index contributed by atoms with van der Waals surface area (Å²) in [7, 11) is 0. The van der Waals surface area contributed by atoms with Crippen LogP contribution in [0.4, 0.5) is 0 Å². The number of rotatable bonds is 4. The van der Waals surface area contributed by atoms with Crippen LogP contribution in [0.5, 0.6) is 5.75 Å². The average Bonchev–Trinajstić information content (AvgIpc) is 3.01. The van der Waals surface area contributed by atoms with Crippen molar-refractivity contribution >= 4 is 22.8 Å². The van der Waals surface area contributed by atoms with Gasteiger partial charge in [0.1, 0.15) is 0 Å². The standard InChI is InChI=1S/C18H15NO4/c1-2-22-18(21)14-11-19-16-13(14)9-6-10-15(16)23-17(20)12-7-4-3-5-8-12/h3-11,19H,2H2,1H3. The van der Waals surface area contributed by atoms with Crippen LogP contribution in [0.3, 0.4) is 0 Å². The van der Waals surface area contributed by atoms with Crippen LogP contribution in [0.25, 0.3) is 10.9 Å². The summed E-state index contributed by atoms with van der Waals surface area (Å²) < 4.78 is 10.5. The smallest absolute Gasteiger partial charge is 0.343 e. The maximum atomic E-state index is 12.2. The summed E-state index contributed by atoms with van der Waals surface area (Å²) in [6, 6.07) is 13.9. The normalized spacial score (nSPS) is 10.5. The highest BCUT2D eigenvalue weighted by Crippen LogP contribution is 2.28. The largest absolute Gasteiger partial charge is 0.462 e. The number of esters is 2. The van der Waals surface area contributed by atoms with Gasteiger partial charge in [-0.1, -0.05) is 30.3 Å². The molecule has 1 aromatic heterocycles. The number of carbonyl (C=O) groups is 2. The molecule has 23 heavy (non-hydrogen) atoms. The molecular weight excluding hydrogens is 294 g/mol. The van der Waals surface area contributed by atoms with E-state index in [1.54, 1.807) is 55.6 Å². The van der Waals surface area contributed by atoms with Gasteiger partial charge in [0, 0.05) is 11.6 Å². The Bertz CT molecular complexity index is 852. The summed E-state index contributed by atoms with van der Waals surface area (Å²) in [5.41, 5.74) is 1.46. The molecule has 0 radical (unpaired) electrons. The lowest BCUT2D eigenvalue weighted by Gasteiger charge is -2.06. The first kappa shape index (κ1) is 14.8. The van der Waals surface area contributed by atoms with E-state index in [9.17, 15) is 9.59 Å². The molecule has 1 heterocycles. The van der Waals surface area contributed by atoms with Crippen molar-refractivity contribution in [1.29, 1.82) is 0 Å². The molecule has 0 aliphatic heterocycles. The van der Waals surface area contributed by atoms with Crippen LogP contribution < -0.4 is 4.74 Å². The molecular formula is C18H15NO4. The first-order valence-electron chi connectivity index (χ1n) is 7.25. The van der Waals surface area contributed by atoms with Gasteiger partial charge in [-0.2, -0.15) is 0 Å². The predicted molar refractivity (Wildman–Crippen MR) is 85.7 cm³/mol. The molecule has 0 fully saturated rings. The molecule has 5 nitrogen and oxygen atoms in total. The second kappa shape index (κ2) is 6.36. The molecule has 0 amide bonds. The van der Waals surface area contributed by atoms with Crippen molar-refractivity contribution in [3.8, 4) is 5.75 Å². The van der Waals surface area contributed by atoms with Crippen LogP contribution in [0.1, 0.15) is 27.6 Å². The van der Waals surface area contributed by atoms with Gasteiger partial charge >= 0.3 is 11.9 Å². The molecule has 3 aromatic rings. The molecule has 0 aliphatic rings. The minimum absolute atomic E-state index is 0.300. The molecule has 0 spiro atoms. The van der Waals surface area contributed by atoms with Gasteiger partial charge < -0.3 is 14.5 Å². The zero-order valence-electron chi connectivity index (χ0n) is 12.5. The zero-order valence-corrected chi connectivity index (χ0v) is 12.5. The fraction of sp³-hybridized carbons (Fsp3) is 0.111. The Morgan fingerprint density at radius 2 is 1.78 bits per heavy atom. The zero-order chi connectivity index (χ0) is 16.2. The number of fused-ring (bicyclic) bond motifs is 1. The SMILES string of the molecule is CCOC(=O)c1c[nH]c2c(OC(=O)c3ccccc3)cccc12. The first-order chi connectivity index (χ1) is 11.2. The van der Waals surface area contributed by atoms with E-state index < -0.39 is 11.9 Å². The topological polar surface area (TPSA) is 68.4 Å². The van der Waals surface area contributed by atoms with Crippen molar-refractivity contribution in [1.82, 2.24) is 4.98 Å². The van der Waals surface area contributed by atoms with Crippen molar-refractivity contribution in [3.05, 3.63) is 65.9 Å². The van der Waals surface area contributed by atoms with E-state index in [4.69, 9.17) is 9.47 Å². The molecule has 2 aromatic carbocycles. The Hall–Kier alpha value is -3.08. The van der Waals surface area contributed by atoms with Crippen molar-refractivity contribution in [2.45, 2.75) is 6.92 Å². The Morgan fingerprint density at radius 1 is 1.00 bits per heavy atom. The van der Waals surface area contributed by atoms with Crippen LogP contribution in [0.15, 0.2) is 54.7 Å². The predicted octanol–water partition coefficient (Wildman–Crippen LogP) is 3.56. The number of para-hydroxylation sites is 1. The Balaban J connectivity index is 1.93. The summed E-state index contributed by atoms with van der Waals surface area (Å²) >= 11 is 0. The van der Waals surface area contributed by atoms with Gasteiger partial charge in [0.05, 0.1) is 23.3 Å². The van der Waals surface area contributed by atoms with E-state index in [2.05, 4.69) is 4.98 Å². The lowest BCUT2D eigenvalue weighted by Crippen LogP contribution is -2.08. The Kier molecular flexibility index (Phi) is 4.10. The van der Waals surface area contributed by atoms with Gasteiger partial charge in [-0.15, -0.1) is 0 Å². The van der Waals surface area contributed by atoms with E-state index in [1.165, 1.54) is 0 Å². The fourth-order valence-corrected chi connectivity index (χ4v) is 2.32. The highest BCUT2D eigenvalue weighted by Gasteiger charge is 2.17. The average molecular weight is 309 g/mol. The van der Waals surface area contributed by atoms with Crippen LogP contribution in [-0.4, -0.2) is 23.5 Å². The summed E-state index contributed by atoms with van der Waals surface area (Å²) in [5, 5.41) is 0.654. The van der Waals surface area contributed by atoms with Crippen LogP contribution in [0.2, 0.25) is 0 Å². The summed E-state index contributed by atoms with van der Waals surface area (Å²) in [5.74, 6) is -0.498. The van der Waals surface area contributed by atoms with Gasteiger partial charge in [-0.25, -0.2) is 9.59 Å². The van der Waals surface area contributed by atoms with Crippen molar-refractivity contribution in [2.75, 3.05) is 6.61 Å². The molecule has 3 rings (SSSR count). The number of benzene rings is 2. The third-order valence-electron chi connectivity index (χ3n) is 3.38. The molecule has 0 atom stereocenters. The maximum absolute atomic E-state index is 12.2. The Labute approximate surface area is 132 Å². The van der Waals surface area contributed by atoms with Gasteiger partial charge in [-0.3, -0.25) is 0 Å². The highest BCUT2D eigenvalue weighted by atomic mass is 16.5. The molecule has 1 N–H and O–H groups in total. The van der Waals surface area contributed by atoms with E-state index in [-0.39, 0.29) is 0 Å². The van der Waals surface area contributed by atoms with E-state index in [0.29, 0.717) is 34.4 Å². The van der Waals surface area contributed by atoms with Gasteiger partial charge in [0.25, 0.3) is 0 Å². The third kappa shape index (κ3) is 2.94. The number of hydrogen-bond acceptors (Lipinski definition) is 4. The van der Waals surface area contributed by atoms with E-state index in [1.807, 2.05) is 6.07 Å². The van der Waals surface area contributed by atoms with E-state index in [0.717, 1.165) is 0 Å². The minimum Gasteiger partial charge on any atom is -0.462 e. The minimum atomic E-state index is -0.453. The molecule has 0 unspecified atom stereocenters. The molecule has 0 bridgehead atoms. The summed E-state index contributed by atoms with van der Waals surface area (Å²) in [4.78, 5) is 27.1. The molecule has 116 valence electrons. The number of aromatic amines is 1. The van der Waals surface area contributed by atoms with Crippen LogP contribution in [-0.2, 0) is 4.74 Å². The first-order valence-corrected chi connectivity index (χ1v) is 7.25. The second-order valence-corrected chi connectivity index (χ2v) is 4.86. The maximum Gasteiger partial charge on any atom is 0.343 e. The monoisotopic (exact) mass is 309 g/mol. The summed E-state index contributed by atoms with van der Waals surface area (Å²) in [6.45, 7) is 2.05. The van der Waals surface area contributed by atoms with Gasteiger partial charge in [0.15, 0.2) is 5.75 Å². The highest BCUT2D eigenvalue weighted by molar-refractivity contribution is 6.06. The number of nitrogens with one attached hydrogen (secondary N) is 1. The van der Waals surface area contributed by atoms with Crippen LogP contribution in [0, 0.1) is 0 Å². The van der Waals surface area contributed by atoms with Crippen molar-refractivity contribution < 1.29 is 19.1 Å². The fourth-order valence-electron chi connectivity index (χ4n) is 2.32. The number of ether oxygens (including phenoxy) is 2. The molecule has 5 heteroatoms. The number of H-pyrrole nitrogens is 1. The third-order valence-corrected chi connectivity index (χ3v) is 3.38. The molecule has 0 saturated carbocycles. The van der Waals surface area contributed by atoms with Gasteiger partial charge in [0.2, 0.25) is 0 Å². The summed E-state index contributed by atoms with van der Waals surface area (Å²) in [6.07, 6.45) is 1.56. The Morgan fingerprint density at radius 3 is 2.52 bits per heavy atom. The van der Waals surface area contributed by atoms with Crippen molar-refractivity contribution in [3.63, 3.8) is 0 Å². The number of aromatic nitrogens is 1. The number of carbonyl (C=O) groups excluding carboxylic acids is 2. The molecule has 0 aliphatic carbocycles. The second-order valence-electron chi connectivity index (χ2n) is 4.86. The molecule has 0 saturated heterocycles. The lowest BCUT2D eigenvalue weighted by atomic mass is 10.1. The lowest BCUT2D eigenvalue weighted by molar-refractivity contribution is 0.0528. The van der Waals surface area contributed by atoms with Gasteiger partial charge in [-0.05, 0) is 25.1 Å². The van der Waals surface area contributed by atoms with Crippen molar-refractivity contribution in [2.24, 2.45) is 0 Å². The number of hydrogen-bond donors (Lipinski definition) is 1. The quantitative estimate of drug-likeness (QED) is 0.591.